The van der Waals surface area contributed by atoms with E-state index in [1.807, 2.05) is 4.90 Å². The lowest BCUT2D eigenvalue weighted by atomic mass is 9.95. The molecule has 2 heterocycles. The molecule has 19 heavy (non-hydrogen) atoms. The molecule has 0 unspecified atom stereocenters. The highest BCUT2D eigenvalue weighted by molar-refractivity contribution is 5.99. The van der Waals surface area contributed by atoms with Crippen molar-refractivity contribution in [1.82, 2.24) is 4.98 Å². The van der Waals surface area contributed by atoms with Gasteiger partial charge in [0.05, 0.1) is 15.9 Å². The minimum absolute atomic E-state index is 0.0548. The Balaban J connectivity index is 2.13. The van der Waals surface area contributed by atoms with Crippen molar-refractivity contribution in [3.63, 3.8) is 0 Å². The number of hydrogen-bond donors (Lipinski definition) is 1. The second-order valence-electron chi connectivity index (χ2n) is 5.14. The van der Waals surface area contributed by atoms with Crippen molar-refractivity contribution >= 4 is 22.1 Å². The Morgan fingerprint density at radius 3 is 2.74 bits per heavy atom. The minimum Gasteiger partial charge on any atom is -0.386 e. The van der Waals surface area contributed by atoms with E-state index in [-0.39, 0.29) is 5.69 Å². The van der Waals surface area contributed by atoms with Gasteiger partial charge < -0.3 is 10.0 Å². The summed E-state index contributed by atoms with van der Waals surface area (Å²) >= 11 is 0. The summed E-state index contributed by atoms with van der Waals surface area (Å²) in [6.45, 7) is 2.84. The van der Waals surface area contributed by atoms with Gasteiger partial charge in [0.1, 0.15) is 0 Å². The van der Waals surface area contributed by atoms with Crippen LogP contribution in [0.25, 0.3) is 10.8 Å². The first-order valence-electron chi connectivity index (χ1n) is 5.96. The molecule has 1 aromatic heterocycles. The van der Waals surface area contributed by atoms with Crippen molar-refractivity contribution in [1.29, 1.82) is 0 Å². The Bertz CT molecular complexity index is 661. The second kappa shape index (κ2) is 3.89. The molecule has 6 heteroatoms. The molecule has 0 bridgehead atoms. The molecule has 1 fully saturated rings. The molecule has 2 aromatic rings. The summed E-state index contributed by atoms with van der Waals surface area (Å²) in [6.07, 6.45) is 3.13. The van der Waals surface area contributed by atoms with E-state index < -0.39 is 10.5 Å². The monoisotopic (exact) mass is 259 g/mol. The van der Waals surface area contributed by atoms with Crippen molar-refractivity contribution in [3.05, 3.63) is 40.7 Å². The fourth-order valence-corrected chi connectivity index (χ4v) is 2.54. The molecule has 98 valence electrons. The zero-order valence-corrected chi connectivity index (χ0v) is 10.4. The summed E-state index contributed by atoms with van der Waals surface area (Å²) in [6, 6.07) is 4.99. The number of non-ortho nitro benzene ring substituents is 1. The fraction of sp³-hybridized carbons (Fsp3) is 0.308. The Hall–Kier alpha value is -2.21. The number of fused-ring (bicyclic) bond motifs is 1. The quantitative estimate of drug-likeness (QED) is 0.656. The number of nitro benzene ring substituents is 1. The lowest BCUT2D eigenvalue weighted by Crippen LogP contribution is -2.60. The highest BCUT2D eigenvalue weighted by atomic mass is 16.6. The number of anilines is 1. The Kier molecular flexibility index (Phi) is 2.43. The molecule has 1 N–H and O–H groups in total. The van der Waals surface area contributed by atoms with Gasteiger partial charge in [-0.3, -0.25) is 15.1 Å². The molecule has 0 amide bonds. The highest BCUT2D eigenvalue weighted by Crippen LogP contribution is 2.36. The van der Waals surface area contributed by atoms with E-state index in [1.54, 1.807) is 25.3 Å². The van der Waals surface area contributed by atoms with Crippen molar-refractivity contribution in [2.75, 3.05) is 18.0 Å². The maximum atomic E-state index is 11.0. The zero-order chi connectivity index (χ0) is 13.6. The summed E-state index contributed by atoms with van der Waals surface area (Å²) in [4.78, 5) is 16.6. The Morgan fingerprint density at radius 2 is 2.11 bits per heavy atom. The van der Waals surface area contributed by atoms with Gasteiger partial charge in [-0.1, -0.05) is 0 Å². The molecule has 0 spiro atoms. The first-order valence-corrected chi connectivity index (χ1v) is 5.96. The van der Waals surface area contributed by atoms with Crippen LogP contribution in [-0.4, -0.2) is 33.7 Å². The standard InChI is InChI=1S/C13H13N3O3/c1-13(17)7-15(8-13)11-2-3-12(16(18)19)10-6-14-5-4-9(10)11/h2-6,17H,7-8H2,1H3. The van der Waals surface area contributed by atoms with Crippen LogP contribution in [0, 0.1) is 10.1 Å². The summed E-state index contributed by atoms with van der Waals surface area (Å²) in [5.41, 5.74) is 0.273. The van der Waals surface area contributed by atoms with E-state index in [2.05, 4.69) is 4.98 Å². The maximum Gasteiger partial charge on any atom is 0.278 e. The van der Waals surface area contributed by atoms with E-state index in [1.165, 1.54) is 12.3 Å². The molecule has 0 atom stereocenters. The van der Waals surface area contributed by atoms with Crippen LogP contribution < -0.4 is 4.90 Å². The van der Waals surface area contributed by atoms with Crippen LogP contribution in [0.4, 0.5) is 11.4 Å². The number of benzene rings is 1. The molecule has 3 rings (SSSR count). The smallest absolute Gasteiger partial charge is 0.278 e. The molecular formula is C13H13N3O3. The largest absolute Gasteiger partial charge is 0.386 e. The normalized spacial score (nSPS) is 17.3. The zero-order valence-electron chi connectivity index (χ0n) is 10.4. The maximum absolute atomic E-state index is 11.0. The van der Waals surface area contributed by atoms with Crippen molar-refractivity contribution in [2.45, 2.75) is 12.5 Å². The van der Waals surface area contributed by atoms with E-state index in [4.69, 9.17) is 0 Å². The molecule has 1 aliphatic heterocycles. The average Bonchev–Trinajstić information content (AvgIpc) is 2.34. The molecule has 1 aromatic carbocycles. The topological polar surface area (TPSA) is 79.5 Å². The van der Waals surface area contributed by atoms with Crippen LogP contribution in [0.1, 0.15) is 6.92 Å². The van der Waals surface area contributed by atoms with E-state index in [0.717, 1.165) is 11.1 Å². The molecule has 0 aliphatic carbocycles. The molecule has 0 saturated carbocycles. The Morgan fingerprint density at radius 1 is 1.37 bits per heavy atom. The fourth-order valence-electron chi connectivity index (χ4n) is 2.54. The van der Waals surface area contributed by atoms with Crippen LogP contribution >= 0.6 is 0 Å². The molecule has 1 saturated heterocycles. The van der Waals surface area contributed by atoms with Gasteiger partial charge in [0.25, 0.3) is 5.69 Å². The van der Waals surface area contributed by atoms with E-state index in [9.17, 15) is 15.2 Å². The number of nitrogens with zero attached hydrogens (tertiary/aromatic N) is 3. The van der Waals surface area contributed by atoms with Gasteiger partial charge in [-0.05, 0) is 19.1 Å². The number of aromatic nitrogens is 1. The van der Waals surface area contributed by atoms with Crippen LogP contribution in [0.5, 0.6) is 0 Å². The SMILES string of the molecule is CC1(O)CN(c2ccc([N+](=O)[O-])c3cnccc23)C1. The van der Waals surface area contributed by atoms with Crippen molar-refractivity contribution in [2.24, 2.45) is 0 Å². The third-order valence-corrected chi connectivity index (χ3v) is 3.37. The van der Waals surface area contributed by atoms with Crippen LogP contribution in [-0.2, 0) is 0 Å². The average molecular weight is 259 g/mol. The lowest BCUT2D eigenvalue weighted by Gasteiger charge is -2.46. The van der Waals surface area contributed by atoms with Crippen LogP contribution in [0.2, 0.25) is 0 Å². The summed E-state index contributed by atoms with van der Waals surface area (Å²) < 4.78 is 0. The first kappa shape index (κ1) is 11.9. The van der Waals surface area contributed by atoms with Crippen LogP contribution in [0.15, 0.2) is 30.6 Å². The number of β-amino-alcohol motifs (C(OH)–C–C–N with tert-alkyl or cyclic N) is 1. The van der Waals surface area contributed by atoms with E-state index in [0.29, 0.717) is 18.5 Å². The number of hydrogen-bond acceptors (Lipinski definition) is 5. The van der Waals surface area contributed by atoms with Gasteiger partial charge in [-0.25, -0.2) is 0 Å². The van der Waals surface area contributed by atoms with Gasteiger partial charge >= 0.3 is 0 Å². The van der Waals surface area contributed by atoms with E-state index >= 15 is 0 Å². The molecule has 6 nitrogen and oxygen atoms in total. The van der Waals surface area contributed by atoms with Crippen molar-refractivity contribution in [3.8, 4) is 0 Å². The molecule has 1 aliphatic rings. The summed E-state index contributed by atoms with van der Waals surface area (Å²) in [7, 11) is 0. The number of aliphatic hydroxyl groups is 1. The number of nitro groups is 1. The van der Waals surface area contributed by atoms with Gasteiger partial charge in [0.15, 0.2) is 0 Å². The molecule has 0 radical (unpaired) electrons. The highest BCUT2D eigenvalue weighted by Gasteiger charge is 2.37. The second-order valence-corrected chi connectivity index (χ2v) is 5.14. The molecular weight excluding hydrogens is 246 g/mol. The number of pyridine rings is 1. The van der Waals surface area contributed by atoms with Crippen molar-refractivity contribution < 1.29 is 10.0 Å². The predicted octanol–water partition coefficient (Wildman–Crippen LogP) is 1.71. The van der Waals surface area contributed by atoms with Gasteiger partial charge in [-0.15, -0.1) is 0 Å². The summed E-state index contributed by atoms with van der Waals surface area (Å²) in [5.74, 6) is 0. The summed E-state index contributed by atoms with van der Waals surface area (Å²) in [5, 5.41) is 22.1. The first-order chi connectivity index (χ1) is 8.98. The predicted molar refractivity (Wildman–Crippen MR) is 71.2 cm³/mol. The van der Waals surface area contributed by atoms with Gasteiger partial charge in [-0.2, -0.15) is 0 Å². The van der Waals surface area contributed by atoms with Gasteiger partial charge in [0, 0.05) is 42.6 Å². The lowest BCUT2D eigenvalue weighted by molar-refractivity contribution is -0.383. The minimum atomic E-state index is -0.679. The number of rotatable bonds is 2. The third-order valence-electron chi connectivity index (χ3n) is 3.37. The Labute approximate surface area is 109 Å². The third kappa shape index (κ3) is 1.90. The van der Waals surface area contributed by atoms with Gasteiger partial charge in [0.2, 0.25) is 0 Å². The van der Waals surface area contributed by atoms with Crippen LogP contribution in [0.3, 0.4) is 0 Å².